The van der Waals surface area contributed by atoms with Gasteiger partial charge in [0, 0.05) is 24.6 Å². The number of carbonyl (C=O) groups excluding carboxylic acids is 2. The number of allylic oxidation sites excluding steroid dienone is 2. The fraction of sp³-hybridized carbons (Fsp3) is 0.348. The maximum atomic E-state index is 13.3. The average molecular weight is 378 g/mol. The van der Waals surface area contributed by atoms with Crippen LogP contribution in [0.15, 0.2) is 48.0 Å². The summed E-state index contributed by atoms with van der Waals surface area (Å²) in [4.78, 5) is 26.6. The smallest absolute Gasteiger partial charge is 0.253 e. The number of nitrogens with zero attached hydrogens (tertiary/aromatic N) is 2. The molecule has 0 N–H and O–H groups in total. The van der Waals surface area contributed by atoms with Crippen molar-refractivity contribution in [2.45, 2.75) is 26.7 Å². The van der Waals surface area contributed by atoms with Crippen LogP contribution >= 0.6 is 0 Å². The Morgan fingerprint density at radius 3 is 2.64 bits per heavy atom. The van der Waals surface area contributed by atoms with Crippen LogP contribution in [0.2, 0.25) is 0 Å². The Hall–Kier alpha value is -3.00. The maximum Gasteiger partial charge on any atom is 0.253 e. The summed E-state index contributed by atoms with van der Waals surface area (Å²) in [6.45, 7) is 4.24. The lowest BCUT2D eigenvalue weighted by Crippen LogP contribution is -2.34. The third-order valence-electron chi connectivity index (χ3n) is 5.39. The second kappa shape index (κ2) is 7.55. The molecule has 0 spiro atoms. The van der Waals surface area contributed by atoms with Gasteiger partial charge in [0.05, 0.1) is 5.57 Å². The van der Waals surface area contributed by atoms with Crippen LogP contribution in [-0.4, -0.2) is 30.2 Å². The quantitative estimate of drug-likeness (QED) is 0.787. The van der Waals surface area contributed by atoms with E-state index in [1.54, 1.807) is 42.3 Å². The monoisotopic (exact) mass is 378 g/mol. The third-order valence-corrected chi connectivity index (χ3v) is 5.39. The molecule has 0 aliphatic heterocycles. The molecule has 28 heavy (non-hydrogen) atoms. The van der Waals surface area contributed by atoms with Gasteiger partial charge < -0.3 is 4.90 Å². The van der Waals surface area contributed by atoms with E-state index in [-0.39, 0.29) is 29.0 Å². The first-order valence-electron chi connectivity index (χ1n) is 9.33. The van der Waals surface area contributed by atoms with Crippen molar-refractivity contribution in [3.8, 4) is 6.07 Å². The first-order chi connectivity index (χ1) is 13.2. The van der Waals surface area contributed by atoms with E-state index in [1.807, 2.05) is 19.9 Å². The number of hydrogen-bond donors (Lipinski definition) is 0. The first kappa shape index (κ1) is 19.8. The van der Waals surface area contributed by atoms with Crippen LogP contribution in [0.4, 0.5) is 4.39 Å². The molecular weight excluding hydrogens is 355 g/mol. The zero-order valence-electron chi connectivity index (χ0n) is 16.3. The van der Waals surface area contributed by atoms with E-state index in [4.69, 9.17) is 0 Å². The molecule has 0 heterocycles. The van der Waals surface area contributed by atoms with E-state index in [0.29, 0.717) is 24.9 Å². The summed E-state index contributed by atoms with van der Waals surface area (Å²) < 4.78 is 13.3. The molecule has 144 valence electrons. The Bertz CT molecular complexity index is 1020. The van der Waals surface area contributed by atoms with Crippen molar-refractivity contribution in [3.63, 3.8) is 0 Å². The Morgan fingerprint density at radius 1 is 1.25 bits per heavy atom. The number of benzene rings is 2. The number of fused-ring (bicyclic) bond motifs is 1. The highest BCUT2D eigenvalue weighted by Crippen LogP contribution is 2.36. The highest BCUT2D eigenvalue weighted by atomic mass is 19.1. The number of carbonyl (C=O) groups is 2. The molecule has 1 atom stereocenters. The average Bonchev–Trinajstić information content (AvgIpc) is 2.67. The summed E-state index contributed by atoms with van der Waals surface area (Å²) in [7, 11) is 1.74. The largest absolute Gasteiger partial charge is 0.342 e. The molecule has 0 bridgehead atoms. The molecule has 0 saturated carbocycles. The molecule has 1 amide bonds. The van der Waals surface area contributed by atoms with E-state index in [1.165, 1.54) is 12.1 Å². The predicted molar refractivity (Wildman–Crippen MR) is 106 cm³/mol. The minimum absolute atomic E-state index is 0.0807. The van der Waals surface area contributed by atoms with Gasteiger partial charge in [-0.3, -0.25) is 9.59 Å². The lowest BCUT2D eigenvalue weighted by molar-refractivity contribution is -0.124. The van der Waals surface area contributed by atoms with Crippen LogP contribution in [0.5, 0.6) is 0 Å². The van der Waals surface area contributed by atoms with Gasteiger partial charge in [0.15, 0.2) is 5.78 Å². The molecule has 2 aromatic carbocycles. The minimum Gasteiger partial charge on any atom is -0.342 e. The van der Waals surface area contributed by atoms with Crippen molar-refractivity contribution in [2.75, 3.05) is 13.6 Å². The Morgan fingerprint density at radius 2 is 1.93 bits per heavy atom. The number of ketones is 1. The fourth-order valence-electron chi connectivity index (χ4n) is 3.79. The van der Waals surface area contributed by atoms with Crippen molar-refractivity contribution in [2.24, 2.45) is 11.3 Å². The van der Waals surface area contributed by atoms with Gasteiger partial charge in [-0.1, -0.05) is 32.1 Å². The van der Waals surface area contributed by atoms with Crippen LogP contribution in [0.25, 0.3) is 10.8 Å². The van der Waals surface area contributed by atoms with Crippen LogP contribution < -0.4 is 0 Å². The molecule has 1 aliphatic rings. The van der Waals surface area contributed by atoms with Crippen molar-refractivity contribution >= 4 is 22.5 Å². The fourth-order valence-corrected chi connectivity index (χ4v) is 3.79. The molecule has 5 heteroatoms. The van der Waals surface area contributed by atoms with Gasteiger partial charge in [-0.05, 0) is 53.8 Å². The van der Waals surface area contributed by atoms with E-state index in [0.717, 1.165) is 10.8 Å². The van der Waals surface area contributed by atoms with Gasteiger partial charge in [-0.15, -0.1) is 0 Å². The maximum absolute atomic E-state index is 13.3. The van der Waals surface area contributed by atoms with Crippen molar-refractivity contribution in [1.29, 1.82) is 5.26 Å². The molecule has 3 rings (SSSR count). The van der Waals surface area contributed by atoms with Crippen molar-refractivity contribution in [1.82, 2.24) is 4.90 Å². The zero-order valence-corrected chi connectivity index (χ0v) is 16.3. The van der Waals surface area contributed by atoms with Gasteiger partial charge >= 0.3 is 0 Å². The van der Waals surface area contributed by atoms with E-state index in [9.17, 15) is 19.2 Å². The molecule has 0 radical (unpaired) electrons. The van der Waals surface area contributed by atoms with E-state index in [2.05, 4.69) is 0 Å². The SMILES string of the molecule is CN(CCC1C=C(C#N)C(=O)C(C)(C)C1)C(=O)c1ccc2cc(F)ccc2c1. The zero-order chi connectivity index (χ0) is 20.5. The Labute approximate surface area is 164 Å². The summed E-state index contributed by atoms with van der Waals surface area (Å²) in [5.41, 5.74) is 0.215. The van der Waals surface area contributed by atoms with Gasteiger partial charge in [0.2, 0.25) is 0 Å². The molecule has 0 saturated heterocycles. The molecule has 0 fully saturated rings. The van der Waals surface area contributed by atoms with Gasteiger partial charge in [0.25, 0.3) is 5.91 Å². The number of Topliss-reactive ketones (excluding diaryl/α,β-unsaturated/α-hetero) is 1. The summed E-state index contributed by atoms with van der Waals surface area (Å²) in [5.74, 6) is -0.440. The molecule has 4 nitrogen and oxygen atoms in total. The third kappa shape index (κ3) is 3.96. The molecule has 0 aromatic heterocycles. The number of hydrogen-bond acceptors (Lipinski definition) is 3. The normalized spacial score (nSPS) is 18.5. The van der Waals surface area contributed by atoms with Crippen molar-refractivity contribution < 1.29 is 14.0 Å². The van der Waals surface area contributed by atoms with Crippen LogP contribution in [0.1, 0.15) is 37.0 Å². The van der Waals surface area contributed by atoms with E-state index < -0.39 is 5.41 Å². The summed E-state index contributed by atoms with van der Waals surface area (Å²) in [6.07, 6.45) is 3.10. The highest BCUT2D eigenvalue weighted by Gasteiger charge is 2.36. The lowest BCUT2D eigenvalue weighted by Gasteiger charge is -2.32. The van der Waals surface area contributed by atoms with Gasteiger partial charge in [0.1, 0.15) is 11.9 Å². The number of nitriles is 1. The standard InChI is InChI=1S/C23H23FN2O2/c1-23(2)13-15(10-19(14-25)21(23)27)8-9-26(3)22(28)18-5-4-17-12-20(24)7-6-16(17)11-18/h4-7,10-12,15H,8-9,13H2,1-3H3. The van der Waals surface area contributed by atoms with E-state index >= 15 is 0 Å². The molecule has 1 unspecified atom stereocenters. The second-order valence-electron chi connectivity index (χ2n) is 8.09. The lowest BCUT2D eigenvalue weighted by atomic mass is 9.71. The molecule has 1 aliphatic carbocycles. The first-order valence-corrected chi connectivity index (χ1v) is 9.33. The summed E-state index contributed by atoms with van der Waals surface area (Å²) in [6, 6.07) is 11.7. The van der Waals surface area contributed by atoms with Crippen LogP contribution in [0, 0.1) is 28.5 Å². The van der Waals surface area contributed by atoms with Gasteiger partial charge in [-0.2, -0.15) is 5.26 Å². The Kier molecular flexibility index (Phi) is 5.33. The topological polar surface area (TPSA) is 61.2 Å². The summed E-state index contributed by atoms with van der Waals surface area (Å²) in [5, 5.41) is 10.8. The van der Waals surface area contributed by atoms with Crippen LogP contribution in [-0.2, 0) is 4.79 Å². The summed E-state index contributed by atoms with van der Waals surface area (Å²) >= 11 is 0. The van der Waals surface area contributed by atoms with Crippen molar-refractivity contribution in [3.05, 3.63) is 59.4 Å². The number of rotatable bonds is 4. The number of halogens is 1. The molecule has 2 aromatic rings. The highest BCUT2D eigenvalue weighted by molar-refractivity contribution is 6.03. The molecular formula is C23H23FN2O2. The predicted octanol–water partition coefficient (Wildman–Crippen LogP) is 4.51. The number of amides is 1. The Balaban J connectivity index is 1.69. The van der Waals surface area contributed by atoms with Gasteiger partial charge in [-0.25, -0.2) is 4.39 Å². The minimum atomic E-state index is -0.555. The second-order valence-corrected chi connectivity index (χ2v) is 8.09. The van der Waals surface area contributed by atoms with Crippen LogP contribution in [0.3, 0.4) is 0 Å².